The van der Waals surface area contributed by atoms with Crippen molar-refractivity contribution < 1.29 is 14.0 Å². The molecule has 136 valence electrons. The highest BCUT2D eigenvalue weighted by atomic mass is 35.5. The van der Waals surface area contributed by atoms with Crippen molar-refractivity contribution in [1.29, 1.82) is 0 Å². The second-order valence-electron chi connectivity index (χ2n) is 5.81. The lowest BCUT2D eigenvalue weighted by atomic mass is 10.1. The van der Waals surface area contributed by atoms with Gasteiger partial charge in [-0.05, 0) is 55.0 Å². The number of carbonyl (C=O) groups excluding carboxylic acids is 2. The van der Waals surface area contributed by atoms with E-state index in [0.717, 1.165) is 5.56 Å². The maximum atomic E-state index is 13.2. The first-order chi connectivity index (χ1) is 12.9. The molecule has 27 heavy (non-hydrogen) atoms. The van der Waals surface area contributed by atoms with Crippen LogP contribution >= 0.6 is 11.6 Å². The third-order valence-electron chi connectivity index (χ3n) is 3.79. The van der Waals surface area contributed by atoms with E-state index in [-0.39, 0.29) is 11.3 Å². The van der Waals surface area contributed by atoms with Crippen LogP contribution in [0.15, 0.2) is 60.8 Å². The molecule has 0 aliphatic heterocycles. The number of aryl methyl sites for hydroxylation is 1. The van der Waals surface area contributed by atoms with Gasteiger partial charge in [-0.2, -0.15) is 0 Å². The second-order valence-corrected chi connectivity index (χ2v) is 6.24. The molecule has 5 nitrogen and oxygen atoms in total. The maximum Gasteiger partial charge on any atom is 0.274 e. The second kappa shape index (κ2) is 7.97. The van der Waals surface area contributed by atoms with Gasteiger partial charge in [-0.25, -0.2) is 4.39 Å². The molecule has 0 fully saturated rings. The molecular formula is C20H15ClFN3O2. The summed E-state index contributed by atoms with van der Waals surface area (Å²) in [7, 11) is 0. The van der Waals surface area contributed by atoms with Gasteiger partial charge in [0.05, 0.1) is 0 Å². The zero-order valence-electron chi connectivity index (χ0n) is 14.3. The van der Waals surface area contributed by atoms with Crippen molar-refractivity contribution in [2.24, 2.45) is 0 Å². The summed E-state index contributed by atoms with van der Waals surface area (Å²) in [5, 5.41) is 5.80. The fourth-order valence-corrected chi connectivity index (χ4v) is 2.55. The molecule has 0 spiro atoms. The number of hydrogen-bond donors (Lipinski definition) is 2. The predicted octanol–water partition coefficient (Wildman–Crippen LogP) is 4.69. The Kier molecular flexibility index (Phi) is 5.47. The molecule has 0 radical (unpaired) electrons. The lowest BCUT2D eigenvalue weighted by Gasteiger charge is -2.10. The van der Waals surface area contributed by atoms with E-state index in [1.807, 2.05) is 6.92 Å². The topological polar surface area (TPSA) is 71.1 Å². The highest BCUT2D eigenvalue weighted by molar-refractivity contribution is 6.31. The molecule has 1 aromatic heterocycles. The molecular weight excluding hydrogens is 369 g/mol. The third kappa shape index (κ3) is 4.68. The molecule has 2 aromatic carbocycles. The van der Waals surface area contributed by atoms with Gasteiger partial charge in [-0.15, -0.1) is 0 Å². The molecule has 0 saturated carbocycles. The standard InChI is InChI=1S/C20H15ClFN3O2/c1-12-5-6-14(21)10-17(12)25-19(26)13-7-8-23-18(9-13)20(27)24-16-4-2-3-15(22)11-16/h2-11H,1H3,(H,24,27)(H,25,26). The monoisotopic (exact) mass is 383 g/mol. The van der Waals surface area contributed by atoms with Crippen molar-refractivity contribution >= 4 is 34.8 Å². The van der Waals surface area contributed by atoms with Crippen molar-refractivity contribution in [3.63, 3.8) is 0 Å². The van der Waals surface area contributed by atoms with Gasteiger partial charge >= 0.3 is 0 Å². The number of pyridine rings is 1. The summed E-state index contributed by atoms with van der Waals surface area (Å²) < 4.78 is 13.2. The zero-order valence-corrected chi connectivity index (χ0v) is 15.0. The number of rotatable bonds is 4. The van der Waals surface area contributed by atoms with Crippen LogP contribution in [0.25, 0.3) is 0 Å². The normalized spacial score (nSPS) is 10.3. The van der Waals surface area contributed by atoms with Crippen LogP contribution in [-0.2, 0) is 0 Å². The van der Waals surface area contributed by atoms with Crippen LogP contribution < -0.4 is 10.6 Å². The minimum atomic E-state index is -0.547. The summed E-state index contributed by atoms with van der Waals surface area (Å²) in [6.07, 6.45) is 1.36. The zero-order chi connectivity index (χ0) is 19.4. The minimum Gasteiger partial charge on any atom is -0.322 e. The van der Waals surface area contributed by atoms with Crippen molar-refractivity contribution in [3.8, 4) is 0 Å². The van der Waals surface area contributed by atoms with Crippen LogP contribution in [0.1, 0.15) is 26.4 Å². The van der Waals surface area contributed by atoms with Crippen LogP contribution in [0.3, 0.4) is 0 Å². The van der Waals surface area contributed by atoms with Crippen molar-refractivity contribution in [2.45, 2.75) is 6.92 Å². The molecule has 0 aliphatic carbocycles. The number of nitrogens with one attached hydrogen (secondary N) is 2. The molecule has 2 N–H and O–H groups in total. The average Bonchev–Trinajstić information content (AvgIpc) is 2.65. The van der Waals surface area contributed by atoms with Crippen molar-refractivity contribution in [3.05, 3.63) is 88.5 Å². The summed E-state index contributed by atoms with van der Waals surface area (Å²) in [6, 6.07) is 13.5. The van der Waals surface area contributed by atoms with Gasteiger partial charge < -0.3 is 10.6 Å². The number of halogens is 2. The first-order valence-electron chi connectivity index (χ1n) is 8.03. The molecule has 0 atom stereocenters. The molecule has 2 amide bonds. The number of nitrogens with zero attached hydrogens (tertiary/aromatic N) is 1. The Bertz CT molecular complexity index is 1020. The van der Waals surface area contributed by atoms with Crippen molar-refractivity contribution in [1.82, 2.24) is 4.98 Å². The van der Waals surface area contributed by atoms with E-state index in [9.17, 15) is 14.0 Å². The van der Waals surface area contributed by atoms with E-state index in [1.54, 1.807) is 24.3 Å². The summed E-state index contributed by atoms with van der Waals surface area (Å²) in [6.45, 7) is 1.84. The van der Waals surface area contributed by atoms with E-state index >= 15 is 0 Å². The van der Waals surface area contributed by atoms with Gasteiger partial charge in [-0.1, -0.05) is 23.7 Å². The molecule has 0 aliphatic rings. The summed E-state index contributed by atoms with van der Waals surface area (Å²) >= 11 is 5.96. The van der Waals surface area contributed by atoms with Gasteiger partial charge in [0.25, 0.3) is 11.8 Å². The summed E-state index contributed by atoms with van der Waals surface area (Å²) in [5.41, 5.74) is 2.02. The van der Waals surface area contributed by atoms with E-state index < -0.39 is 17.6 Å². The van der Waals surface area contributed by atoms with Gasteiger partial charge in [0.1, 0.15) is 11.5 Å². The van der Waals surface area contributed by atoms with Crippen LogP contribution in [0.5, 0.6) is 0 Å². The van der Waals surface area contributed by atoms with Gasteiger partial charge in [0.2, 0.25) is 0 Å². The van der Waals surface area contributed by atoms with E-state index in [2.05, 4.69) is 15.6 Å². The summed E-state index contributed by atoms with van der Waals surface area (Å²) in [5.74, 6) is -1.41. The molecule has 0 saturated heterocycles. The van der Waals surface area contributed by atoms with Crippen LogP contribution in [0.2, 0.25) is 5.02 Å². The Balaban J connectivity index is 1.77. The number of benzene rings is 2. The average molecular weight is 384 g/mol. The lowest BCUT2D eigenvalue weighted by molar-refractivity contribution is 0.102. The Morgan fingerprint density at radius 1 is 1.00 bits per heavy atom. The highest BCUT2D eigenvalue weighted by Crippen LogP contribution is 2.21. The van der Waals surface area contributed by atoms with Crippen LogP contribution in [-0.4, -0.2) is 16.8 Å². The van der Waals surface area contributed by atoms with Crippen LogP contribution in [0.4, 0.5) is 15.8 Å². The number of anilines is 2. The highest BCUT2D eigenvalue weighted by Gasteiger charge is 2.13. The number of amides is 2. The smallest absolute Gasteiger partial charge is 0.274 e. The first-order valence-corrected chi connectivity index (χ1v) is 8.40. The fourth-order valence-electron chi connectivity index (χ4n) is 2.38. The Morgan fingerprint density at radius 2 is 1.81 bits per heavy atom. The van der Waals surface area contributed by atoms with E-state index in [1.165, 1.54) is 36.5 Å². The fraction of sp³-hybridized carbons (Fsp3) is 0.0500. The van der Waals surface area contributed by atoms with E-state index in [0.29, 0.717) is 16.4 Å². The summed E-state index contributed by atoms with van der Waals surface area (Å²) in [4.78, 5) is 28.8. The van der Waals surface area contributed by atoms with E-state index in [4.69, 9.17) is 11.6 Å². The molecule has 1 heterocycles. The Hall–Kier alpha value is -3.25. The number of carbonyl (C=O) groups is 2. The molecule has 0 bridgehead atoms. The molecule has 7 heteroatoms. The van der Waals surface area contributed by atoms with Gasteiger partial charge in [0.15, 0.2) is 0 Å². The number of aromatic nitrogens is 1. The number of hydrogen-bond acceptors (Lipinski definition) is 3. The predicted molar refractivity (Wildman–Crippen MR) is 103 cm³/mol. The first kappa shape index (κ1) is 18.5. The van der Waals surface area contributed by atoms with Crippen molar-refractivity contribution in [2.75, 3.05) is 10.6 Å². The SMILES string of the molecule is Cc1ccc(Cl)cc1NC(=O)c1ccnc(C(=O)Nc2cccc(F)c2)c1. The largest absolute Gasteiger partial charge is 0.322 e. The minimum absolute atomic E-state index is 0.0368. The maximum absolute atomic E-state index is 13.2. The molecule has 3 rings (SSSR count). The Morgan fingerprint density at radius 3 is 2.59 bits per heavy atom. The molecule has 0 unspecified atom stereocenters. The van der Waals surface area contributed by atoms with Crippen LogP contribution in [0, 0.1) is 12.7 Å². The van der Waals surface area contributed by atoms with Gasteiger partial charge in [-0.3, -0.25) is 14.6 Å². The lowest BCUT2D eigenvalue weighted by Crippen LogP contribution is -2.17. The quantitative estimate of drug-likeness (QED) is 0.686. The molecule has 3 aromatic rings. The van der Waals surface area contributed by atoms with Gasteiger partial charge in [0, 0.05) is 28.2 Å². The third-order valence-corrected chi connectivity index (χ3v) is 4.02. The Labute approximate surface area is 160 Å².